The third-order valence-corrected chi connectivity index (χ3v) is 6.77. The molecule has 0 unspecified atom stereocenters. The maximum Gasteiger partial charge on any atom is 0.0464 e. The minimum atomic E-state index is 1.02. The first-order valence-electron chi connectivity index (χ1n) is 11.9. The van der Waals surface area contributed by atoms with E-state index >= 15 is 0 Å². The number of anilines is 3. The molecule has 6 rings (SSSR count). The first kappa shape index (κ1) is 20.5. The van der Waals surface area contributed by atoms with Crippen LogP contribution in [-0.2, 0) is 6.42 Å². The molecule has 0 fully saturated rings. The van der Waals surface area contributed by atoms with Gasteiger partial charge in [0.15, 0.2) is 0 Å². The van der Waals surface area contributed by atoms with E-state index in [9.17, 15) is 0 Å². The lowest BCUT2D eigenvalue weighted by molar-refractivity contribution is 1.25. The second-order valence-corrected chi connectivity index (χ2v) is 9.27. The van der Waals surface area contributed by atoms with Crippen LogP contribution in [0.25, 0.3) is 22.3 Å². The van der Waals surface area contributed by atoms with Crippen molar-refractivity contribution in [1.29, 1.82) is 0 Å². The van der Waals surface area contributed by atoms with Crippen molar-refractivity contribution in [3.63, 3.8) is 0 Å². The Morgan fingerprint density at radius 3 is 1.85 bits per heavy atom. The number of hydrogen-bond acceptors (Lipinski definition) is 1. The Morgan fingerprint density at radius 2 is 1.09 bits per heavy atom. The van der Waals surface area contributed by atoms with Gasteiger partial charge >= 0.3 is 0 Å². The van der Waals surface area contributed by atoms with Crippen LogP contribution < -0.4 is 4.90 Å². The number of rotatable bonds is 4. The Balaban J connectivity index is 1.35. The molecule has 0 radical (unpaired) electrons. The summed E-state index contributed by atoms with van der Waals surface area (Å²) in [6, 6.07) is 42.0. The normalized spacial score (nSPS) is 11.7. The van der Waals surface area contributed by atoms with Crippen molar-refractivity contribution < 1.29 is 0 Å². The molecule has 0 bridgehead atoms. The van der Waals surface area contributed by atoms with Crippen molar-refractivity contribution in [3.05, 3.63) is 138 Å². The first-order chi connectivity index (χ1) is 16.7. The van der Waals surface area contributed by atoms with Gasteiger partial charge in [-0.3, -0.25) is 0 Å². The zero-order chi connectivity index (χ0) is 23.1. The topological polar surface area (TPSA) is 3.24 Å². The zero-order valence-electron chi connectivity index (χ0n) is 19.6. The van der Waals surface area contributed by atoms with Gasteiger partial charge in [0.1, 0.15) is 0 Å². The van der Waals surface area contributed by atoms with Crippen LogP contribution in [0.4, 0.5) is 17.1 Å². The van der Waals surface area contributed by atoms with Gasteiger partial charge < -0.3 is 4.90 Å². The lowest BCUT2D eigenvalue weighted by Gasteiger charge is -2.26. The summed E-state index contributed by atoms with van der Waals surface area (Å²) in [5, 5.41) is 0. The maximum absolute atomic E-state index is 2.37. The SMILES string of the molecule is Cc1cccc(N(c2ccccc2)c2ccc(-c3ccc4c(c3)Cc3cc(C)ccc3-4)cc2)c1. The third-order valence-electron chi connectivity index (χ3n) is 6.77. The van der Waals surface area contributed by atoms with Crippen LogP contribution in [0.5, 0.6) is 0 Å². The molecule has 0 heterocycles. The van der Waals surface area contributed by atoms with E-state index in [0.717, 1.165) is 17.8 Å². The van der Waals surface area contributed by atoms with Crippen LogP contribution in [0.15, 0.2) is 115 Å². The van der Waals surface area contributed by atoms with E-state index in [2.05, 4.69) is 134 Å². The summed E-state index contributed by atoms with van der Waals surface area (Å²) < 4.78 is 0. The molecule has 0 amide bonds. The Kier molecular flexibility index (Phi) is 5.04. The number of fused-ring (bicyclic) bond motifs is 3. The minimum absolute atomic E-state index is 1.02. The highest BCUT2D eigenvalue weighted by molar-refractivity contribution is 5.82. The molecular formula is C33H27N. The van der Waals surface area contributed by atoms with Crippen LogP contribution >= 0.6 is 0 Å². The van der Waals surface area contributed by atoms with E-state index in [-0.39, 0.29) is 0 Å². The predicted octanol–water partition coefficient (Wildman–Crippen LogP) is 9.01. The van der Waals surface area contributed by atoms with E-state index in [1.165, 1.54) is 50.2 Å². The summed E-state index contributed by atoms with van der Waals surface area (Å²) in [4.78, 5) is 2.32. The number of nitrogens with zero attached hydrogens (tertiary/aromatic N) is 1. The second kappa shape index (κ2) is 8.35. The van der Waals surface area contributed by atoms with Crippen molar-refractivity contribution in [2.75, 3.05) is 4.90 Å². The van der Waals surface area contributed by atoms with Gasteiger partial charge in [0.2, 0.25) is 0 Å². The summed E-state index contributed by atoms with van der Waals surface area (Å²) in [5.41, 5.74) is 14.2. The molecule has 0 aromatic heterocycles. The summed E-state index contributed by atoms with van der Waals surface area (Å²) in [6.07, 6.45) is 1.02. The van der Waals surface area contributed by atoms with Crippen molar-refractivity contribution >= 4 is 17.1 Å². The molecule has 1 heteroatoms. The molecule has 5 aromatic carbocycles. The van der Waals surface area contributed by atoms with Crippen LogP contribution in [0.3, 0.4) is 0 Å². The molecular weight excluding hydrogens is 410 g/mol. The van der Waals surface area contributed by atoms with Crippen LogP contribution in [-0.4, -0.2) is 0 Å². The number of para-hydroxylation sites is 1. The quantitative estimate of drug-likeness (QED) is 0.266. The van der Waals surface area contributed by atoms with Gasteiger partial charge in [0.25, 0.3) is 0 Å². The molecule has 1 aliphatic rings. The molecule has 0 saturated heterocycles. The van der Waals surface area contributed by atoms with E-state index in [4.69, 9.17) is 0 Å². The fraction of sp³-hybridized carbons (Fsp3) is 0.0909. The Morgan fingerprint density at radius 1 is 0.471 bits per heavy atom. The van der Waals surface area contributed by atoms with Crippen LogP contribution in [0.2, 0.25) is 0 Å². The number of benzene rings is 5. The lowest BCUT2D eigenvalue weighted by Crippen LogP contribution is -2.09. The highest BCUT2D eigenvalue weighted by atomic mass is 15.1. The monoisotopic (exact) mass is 437 g/mol. The molecule has 0 aliphatic heterocycles. The van der Waals surface area contributed by atoms with Crippen LogP contribution in [0.1, 0.15) is 22.3 Å². The van der Waals surface area contributed by atoms with E-state index in [1.54, 1.807) is 0 Å². The smallest absolute Gasteiger partial charge is 0.0464 e. The average molecular weight is 438 g/mol. The summed E-state index contributed by atoms with van der Waals surface area (Å²) >= 11 is 0. The molecule has 0 saturated carbocycles. The maximum atomic E-state index is 2.37. The number of hydrogen-bond donors (Lipinski definition) is 0. The molecule has 0 spiro atoms. The lowest BCUT2D eigenvalue weighted by atomic mass is 9.98. The van der Waals surface area contributed by atoms with E-state index < -0.39 is 0 Å². The Hall–Kier alpha value is -4.10. The molecule has 1 aliphatic carbocycles. The summed E-state index contributed by atoms with van der Waals surface area (Å²) in [6.45, 7) is 4.31. The van der Waals surface area contributed by atoms with Gasteiger partial charge in [-0.15, -0.1) is 0 Å². The average Bonchev–Trinajstić information content (AvgIpc) is 3.22. The van der Waals surface area contributed by atoms with Gasteiger partial charge in [0.05, 0.1) is 0 Å². The summed E-state index contributed by atoms with van der Waals surface area (Å²) in [5.74, 6) is 0. The molecule has 0 atom stereocenters. The number of aryl methyl sites for hydroxylation is 2. The first-order valence-corrected chi connectivity index (χ1v) is 11.9. The zero-order valence-corrected chi connectivity index (χ0v) is 19.6. The minimum Gasteiger partial charge on any atom is -0.310 e. The fourth-order valence-corrected chi connectivity index (χ4v) is 5.11. The molecule has 1 nitrogen and oxygen atoms in total. The molecule has 5 aromatic rings. The van der Waals surface area contributed by atoms with Gasteiger partial charge in [0, 0.05) is 17.1 Å². The highest BCUT2D eigenvalue weighted by Crippen LogP contribution is 2.40. The van der Waals surface area contributed by atoms with Crippen molar-refractivity contribution in [2.45, 2.75) is 20.3 Å². The predicted molar refractivity (Wildman–Crippen MR) is 144 cm³/mol. The fourth-order valence-electron chi connectivity index (χ4n) is 5.11. The van der Waals surface area contributed by atoms with E-state index in [0.29, 0.717) is 0 Å². The van der Waals surface area contributed by atoms with Gasteiger partial charge in [-0.05, 0) is 95.6 Å². The second-order valence-electron chi connectivity index (χ2n) is 9.27. The Bertz CT molecular complexity index is 1480. The largest absolute Gasteiger partial charge is 0.310 e. The highest BCUT2D eigenvalue weighted by Gasteiger charge is 2.19. The molecule has 0 N–H and O–H groups in total. The van der Waals surface area contributed by atoms with E-state index in [1.807, 2.05) is 0 Å². The van der Waals surface area contributed by atoms with Crippen LogP contribution in [0, 0.1) is 13.8 Å². The van der Waals surface area contributed by atoms with Gasteiger partial charge in [-0.2, -0.15) is 0 Å². The van der Waals surface area contributed by atoms with Crippen molar-refractivity contribution in [2.24, 2.45) is 0 Å². The summed E-state index contributed by atoms with van der Waals surface area (Å²) in [7, 11) is 0. The Labute approximate surface area is 202 Å². The molecule has 34 heavy (non-hydrogen) atoms. The van der Waals surface area contributed by atoms with Crippen molar-refractivity contribution in [1.82, 2.24) is 0 Å². The molecule has 164 valence electrons. The van der Waals surface area contributed by atoms with Gasteiger partial charge in [-0.25, -0.2) is 0 Å². The van der Waals surface area contributed by atoms with Gasteiger partial charge in [-0.1, -0.05) is 84.4 Å². The third kappa shape index (κ3) is 3.70. The van der Waals surface area contributed by atoms with Crippen molar-refractivity contribution in [3.8, 4) is 22.3 Å². The standard InChI is InChI=1S/C33H27N/c1-23-7-6-10-31(20-23)34(29-8-4-3-5-9-29)30-15-12-25(13-16-30)26-14-18-33-28(21-26)22-27-19-24(2)11-17-32(27)33/h3-21H,22H2,1-2H3.